The van der Waals surface area contributed by atoms with E-state index in [-0.39, 0.29) is 8.69 Å². The number of aryl methyl sites for hydroxylation is 2. The van der Waals surface area contributed by atoms with Gasteiger partial charge in [-0.25, -0.2) is 4.57 Å². The highest BCUT2D eigenvalue weighted by Gasteiger charge is 2.20. The van der Waals surface area contributed by atoms with Crippen molar-refractivity contribution in [2.24, 2.45) is 0 Å². The molecule has 0 N–H and O–H groups in total. The molecule has 2 aromatic rings. The highest BCUT2D eigenvalue weighted by Crippen LogP contribution is 2.36. The highest BCUT2D eigenvalue weighted by atomic mass is 31.1. The highest BCUT2D eigenvalue weighted by molar-refractivity contribution is 7.17. The van der Waals surface area contributed by atoms with Gasteiger partial charge in [0.1, 0.15) is 0 Å². The van der Waals surface area contributed by atoms with Gasteiger partial charge < -0.3 is 0 Å². The Morgan fingerprint density at radius 2 is 0.867 bits per heavy atom. The summed E-state index contributed by atoms with van der Waals surface area (Å²) in [6.07, 6.45) is 34.4. The largest absolute Gasteiger partial charge is 0.327 e. The van der Waals surface area contributed by atoms with Crippen molar-refractivity contribution in [2.75, 3.05) is 6.61 Å². The third-order valence-electron chi connectivity index (χ3n) is 9.74. The Morgan fingerprint density at radius 1 is 0.489 bits per heavy atom. The Kier molecular flexibility index (Phi) is 25.3. The van der Waals surface area contributed by atoms with Gasteiger partial charge in [-0.05, 0) is 60.8 Å². The van der Waals surface area contributed by atoms with E-state index >= 15 is 0 Å². The third kappa shape index (κ3) is 19.0. The minimum absolute atomic E-state index is 0.180. The summed E-state index contributed by atoms with van der Waals surface area (Å²) >= 11 is 0. The lowest BCUT2D eigenvalue weighted by Crippen LogP contribution is -2.08. The van der Waals surface area contributed by atoms with Crippen LogP contribution in [0.25, 0.3) is 0 Å². The van der Waals surface area contributed by atoms with Crippen LogP contribution in [0.2, 0.25) is 0 Å². The molecule has 45 heavy (non-hydrogen) atoms. The molecule has 2 aromatic carbocycles. The molecule has 0 aromatic heterocycles. The summed E-state index contributed by atoms with van der Waals surface area (Å²) in [6, 6.07) is 18.9. The molecular weight excluding hydrogens is 567 g/mol. The number of hydrogen-bond donors (Lipinski definition) is 0. The van der Waals surface area contributed by atoms with Crippen molar-refractivity contribution >= 4 is 8.69 Å². The number of rotatable bonds is 31. The van der Waals surface area contributed by atoms with Crippen molar-refractivity contribution in [1.82, 2.24) is 0 Å². The zero-order chi connectivity index (χ0) is 32.0. The monoisotopic (exact) mass is 637 g/mol. The molecule has 3 heteroatoms. The van der Waals surface area contributed by atoms with E-state index in [1.165, 1.54) is 161 Å². The molecule has 0 saturated carbocycles. The van der Waals surface area contributed by atoms with E-state index < -0.39 is 0 Å². The zero-order valence-electron chi connectivity index (χ0n) is 29.6. The molecule has 254 valence electrons. The molecule has 0 unspecified atom stereocenters. The van der Waals surface area contributed by atoms with Gasteiger partial charge in [-0.2, -0.15) is 0 Å². The van der Waals surface area contributed by atoms with Gasteiger partial charge in [0.05, 0.1) is 6.61 Å². The van der Waals surface area contributed by atoms with Crippen molar-refractivity contribution < 1.29 is 9.09 Å². The predicted molar refractivity (Wildman–Crippen MR) is 198 cm³/mol. The standard InChI is InChI=1S/C42H69O2P/c1-3-5-7-9-14-18-22-30-38-32-25-27-34-40(38)42(36-24-20-16-12-11-13-17-21-29-37-44-45-43)41-35-28-26-33-39(41)31-23-19-15-10-8-6-4-2/h25-28,32-35,42H,3-24,29-31,36-37H2,1-2H3. The molecule has 0 heterocycles. The summed E-state index contributed by atoms with van der Waals surface area (Å²) in [4.78, 5) is 0. The van der Waals surface area contributed by atoms with Crippen LogP contribution in [0.15, 0.2) is 48.5 Å². The van der Waals surface area contributed by atoms with E-state index in [9.17, 15) is 4.57 Å². The molecule has 0 aliphatic heterocycles. The molecule has 0 aliphatic carbocycles. The molecule has 0 radical (unpaired) electrons. The van der Waals surface area contributed by atoms with Crippen LogP contribution < -0.4 is 0 Å². The Morgan fingerprint density at radius 3 is 1.31 bits per heavy atom. The lowest BCUT2D eigenvalue weighted by molar-refractivity contribution is 0.328. The van der Waals surface area contributed by atoms with Crippen LogP contribution in [0.1, 0.15) is 196 Å². The Balaban J connectivity index is 1.98. The van der Waals surface area contributed by atoms with Crippen LogP contribution in [-0.2, 0) is 21.9 Å². The maximum atomic E-state index is 10.4. The van der Waals surface area contributed by atoms with E-state index in [2.05, 4.69) is 62.4 Å². The van der Waals surface area contributed by atoms with Crippen LogP contribution in [0.5, 0.6) is 0 Å². The van der Waals surface area contributed by atoms with Crippen LogP contribution in [-0.4, -0.2) is 6.61 Å². The molecule has 0 bridgehead atoms. The van der Waals surface area contributed by atoms with E-state index in [0.29, 0.717) is 12.5 Å². The first-order chi connectivity index (χ1) is 22.3. The van der Waals surface area contributed by atoms with Gasteiger partial charge in [-0.15, -0.1) is 0 Å². The summed E-state index contributed by atoms with van der Waals surface area (Å²) in [5.41, 5.74) is 6.41. The molecule has 0 aliphatic rings. The fourth-order valence-corrected chi connectivity index (χ4v) is 7.22. The van der Waals surface area contributed by atoms with E-state index in [4.69, 9.17) is 4.52 Å². The van der Waals surface area contributed by atoms with Gasteiger partial charge in [0.15, 0.2) is 0 Å². The normalized spacial score (nSPS) is 11.6. The van der Waals surface area contributed by atoms with Gasteiger partial charge in [0.25, 0.3) is 0 Å². The predicted octanol–water partition coefficient (Wildman–Crippen LogP) is 14.5. The lowest BCUT2D eigenvalue weighted by Gasteiger charge is -2.24. The van der Waals surface area contributed by atoms with Gasteiger partial charge in [-0.3, -0.25) is 4.52 Å². The second-order valence-corrected chi connectivity index (χ2v) is 14.0. The minimum atomic E-state index is -0.180. The topological polar surface area (TPSA) is 26.3 Å². The zero-order valence-corrected chi connectivity index (χ0v) is 30.4. The molecular formula is C42H69O2P. The third-order valence-corrected chi connectivity index (χ3v) is 10.0. The van der Waals surface area contributed by atoms with Gasteiger partial charge in [-0.1, -0.05) is 191 Å². The van der Waals surface area contributed by atoms with Crippen LogP contribution in [0.3, 0.4) is 0 Å². The second kappa shape index (κ2) is 28.7. The number of unbranched alkanes of at least 4 members (excludes halogenated alkanes) is 20. The molecule has 0 fully saturated rings. The molecule has 0 atom stereocenters. The molecule has 0 spiro atoms. The molecule has 2 nitrogen and oxygen atoms in total. The quantitative estimate of drug-likeness (QED) is 0.0608. The Bertz CT molecular complexity index is 896. The fraction of sp³-hybridized carbons (Fsp3) is 0.714. The van der Waals surface area contributed by atoms with Gasteiger partial charge in [0, 0.05) is 5.92 Å². The van der Waals surface area contributed by atoms with Gasteiger partial charge in [0.2, 0.25) is 0 Å². The summed E-state index contributed by atoms with van der Waals surface area (Å²) in [6.45, 7) is 5.23. The maximum Gasteiger partial charge on any atom is 0.327 e. The second-order valence-electron chi connectivity index (χ2n) is 13.6. The first kappa shape index (κ1) is 39.7. The van der Waals surface area contributed by atoms with Crippen molar-refractivity contribution in [3.05, 3.63) is 70.8 Å². The van der Waals surface area contributed by atoms with Gasteiger partial charge >= 0.3 is 8.69 Å². The van der Waals surface area contributed by atoms with Crippen molar-refractivity contribution in [3.8, 4) is 0 Å². The van der Waals surface area contributed by atoms with E-state index in [1.54, 1.807) is 22.3 Å². The van der Waals surface area contributed by atoms with Crippen molar-refractivity contribution in [1.29, 1.82) is 0 Å². The van der Waals surface area contributed by atoms with Crippen LogP contribution in [0.4, 0.5) is 0 Å². The number of benzene rings is 2. The summed E-state index contributed by atoms with van der Waals surface area (Å²) in [5, 5.41) is 0. The lowest BCUT2D eigenvalue weighted by atomic mass is 9.80. The first-order valence-corrected chi connectivity index (χ1v) is 20.1. The van der Waals surface area contributed by atoms with Crippen LogP contribution >= 0.6 is 8.69 Å². The molecule has 0 saturated heterocycles. The van der Waals surface area contributed by atoms with Crippen molar-refractivity contribution in [3.63, 3.8) is 0 Å². The first-order valence-electron chi connectivity index (χ1n) is 19.4. The smallest absolute Gasteiger partial charge is 0.294 e. The molecule has 2 rings (SSSR count). The van der Waals surface area contributed by atoms with E-state index in [1.807, 2.05) is 0 Å². The summed E-state index contributed by atoms with van der Waals surface area (Å²) < 4.78 is 15.3. The summed E-state index contributed by atoms with van der Waals surface area (Å²) in [5.74, 6) is 0.516. The number of hydrogen-bond acceptors (Lipinski definition) is 2. The minimum Gasteiger partial charge on any atom is -0.294 e. The fourth-order valence-electron chi connectivity index (χ4n) is 7.02. The average Bonchev–Trinajstić information content (AvgIpc) is 3.07. The average molecular weight is 637 g/mol. The van der Waals surface area contributed by atoms with Crippen LogP contribution in [0, 0.1) is 0 Å². The SMILES string of the molecule is CCCCCCCCCc1ccccc1C(CCCCCCCCCCCOP=O)c1ccccc1CCCCCCCCC. The van der Waals surface area contributed by atoms with Crippen molar-refractivity contribution in [2.45, 2.75) is 187 Å². The Labute approximate surface area is 281 Å². The Hall–Kier alpha value is -1.50. The maximum absolute atomic E-state index is 10.4. The summed E-state index contributed by atoms with van der Waals surface area (Å²) in [7, 11) is -0.180. The molecule has 0 amide bonds. The van der Waals surface area contributed by atoms with E-state index in [0.717, 1.165) is 6.42 Å².